The molecule has 0 saturated heterocycles. The standard InChI is InChI=1S/C15H21N3S/c1-12(2)16-11-15-18-17-14(19-15)10-6-9-13-7-4-3-5-8-13/h3-5,7-8,12,16H,6,9-11H2,1-2H3. The Balaban J connectivity index is 1.74. The molecule has 1 heterocycles. The Bertz CT molecular complexity index is 479. The Labute approximate surface area is 119 Å². The van der Waals surface area contributed by atoms with Crippen molar-refractivity contribution < 1.29 is 0 Å². The van der Waals surface area contributed by atoms with Gasteiger partial charge in [-0.15, -0.1) is 21.5 Å². The van der Waals surface area contributed by atoms with Crippen LogP contribution in [-0.2, 0) is 19.4 Å². The molecule has 0 saturated carbocycles. The fraction of sp³-hybridized carbons (Fsp3) is 0.467. The Kier molecular flexibility index (Phi) is 5.48. The van der Waals surface area contributed by atoms with Gasteiger partial charge in [0.2, 0.25) is 0 Å². The first kappa shape index (κ1) is 14.2. The predicted octanol–water partition coefficient (Wildman–Crippen LogP) is 3.21. The minimum absolute atomic E-state index is 0.491. The van der Waals surface area contributed by atoms with E-state index in [4.69, 9.17) is 0 Å². The SMILES string of the molecule is CC(C)NCc1nnc(CCCc2ccccc2)s1. The van der Waals surface area contributed by atoms with Crippen LogP contribution in [0.2, 0.25) is 0 Å². The zero-order chi connectivity index (χ0) is 13.5. The lowest BCUT2D eigenvalue weighted by atomic mass is 10.1. The number of nitrogens with one attached hydrogen (secondary N) is 1. The van der Waals surface area contributed by atoms with E-state index in [-0.39, 0.29) is 0 Å². The van der Waals surface area contributed by atoms with Crippen LogP contribution in [0.3, 0.4) is 0 Å². The highest BCUT2D eigenvalue weighted by atomic mass is 32.1. The molecule has 1 aromatic heterocycles. The quantitative estimate of drug-likeness (QED) is 0.843. The summed E-state index contributed by atoms with van der Waals surface area (Å²) < 4.78 is 0. The molecule has 0 aliphatic rings. The monoisotopic (exact) mass is 275 g/mol. The number of nitrogens with zero attached hydrogens (tertiary/aromatic N) is 2. The van der Waals surface area contributed by atoms with Gasteiger partial charge in [-0.25, -0.2) is 0 Å². The van der Waals surface area contributed by atoms with Crippen LogP contribution in [0.1, 0.15) is 35.8 Å². The highest BCUT2D eigenvalue weighted by Crippen LogP contribution is 2.13. The van der Waals surface area contributed by atoms with Crippen LogP contribution in [0.5, 0.6) is 0 Å². The van der Waals surface area contributed by atoms with Crippen LogP contribution in [0.15, 0.2) is 30.3 Å². The number of hydrogen-bond acceptors (Lipinski definition) is 4. The number of rotatable bonds is 7. The Hall–Kier alpha value is -1.26. The van der Waals surface area contributed by atoms with Crippen LogP contribution >= 0.6 is 11.3 Å². The highest BCUT2D eigenvalue weighted by molar-refractivity contribution is 7.11. The van der Waals surface area contributed by atoms with E-state index in [0.717, 1.165) is 35.8 Å². The largest absolute Gasteiger partial charge is 0.308 e. The van der Waals surface area contributed by atoms with E-state index in [1.54, 1.807) is 11.3 Å². The second kappa shape index (κ2) is 7.36. The molecular formula is C15H21N3S. The number of aryl methyl sites for hydroxylation is 2. The van der Waals surface area contributed by atoms with Gasteiger partial charge in [0.25, 0.3) is 0 Å². The fourth-order valence-electron chi connectivity index (χ4n) is 1.84. The fourth-order valence-corrected chi connectivity index (χ4v) is 2.68. The lowest BCUT2D eigenvalue weighted by molar-refractivity contribution is 0.584. The normalized spacial score (nSPS) is 11.1. The molecule has 4 heteroatoms. The number of benzene rings is 1. The second-order valence-electron chi connectivity index (χ2n) is 4.96. The van der Waals surface area contributed by atoms with Crippen molar-refractivity contribution >= 4 is 11.3 Å². The molecule has 0 fully saturated rings. The molecule has 102 valence electrons. The first-order valence-electron chi connectivity index (χ1n) is 6.82. The maximum Gasteiger partial charge on any atom is 0.131 e. The van der Waals surface area contributed by atoms with Crippen molar-refractivity contribution in [1.29, 1.82) is 0 Å². The van der Waals surface area contributed by atoms with Crippen LogP contribution in [0.4, 0.5) is 0 Å². The van der Waals surface area contributed by atoms with Gasteiger partial charge in [-0.05, 0) is 18.4 Å². The molecule has 19 heavy (non-hydrogen) atoms. The average molecular weight is 275 g/mol. The Morgan fingerprint density at radius 2 is 1.79 bits per heavy atom. The van der Waals surface area contributed by atoms with E-state index in [0.29, 0.717) is 6.04 Å². The zero-order valence-electron chi connectivity index (χ0n) is 11.6. The molecule has 3 nitrogen and oxygen atoms in total. The summed E-state index contributed by atoms with van der Waals surface area (Å²) in [5.41, 5.74) is 1.40. The third kappa shape index (κ3) is 5.09. The van der Waals surface area contributed by atoms with Crippen molar-refractivity contribution in [1.82, 2.24) is 15.5 Å². The smallest absolute Gasteiger partial charge is 0.131 e. The summed E-state index contributed by atoms with van der Waals surface area (Å²) >= 11 is 1.73. The van der Waals surface area contributed by atoms with Gasteiger partial charge in [-0.1, -0.05) is 44.2 Å². The Morgan fingerprint density at radius 1 is 1.05 bits per heavy atom. The molecule has 0 atom stereocenters. The predicted molar refractivity (Wildman–Crippen MR) is 80.4 cm³/mol. The van der Waals surface area contributed by atoms with E-state index in [9.17, 15) is 0 Å². The van der Waals surface area contributed by atoms with Crippen molar-refractivity contribution in [3.8, 4) is 0 Å². The van der Waals surface area contributed by atoms with Gasteiger partial charge >= 0.3 is 0 Å². The molecular weight excluding hydrogens is 254 g/mol. The third-order valence-electron chi connectivity index (χ3n) is 2.87. The second-order valence-corrected chi connectivity index (χ2v) is 6.11. The van der Waals surface area contributed by atoms with Gasteiger partial charge < -0.3 is 5.32 Å². The summed E-state index contributed by atoms with van der Waals surface area (Å²) in [6.07, 6.45) is 3.27. The molecule has 1 N–H and O–H groups in total. The average Bonchev–Trinajstić information content (AvgIpc) is 2.86. The van der Waals surface area contributed by atoms with Gasteiger partial charge in [0.15, 0.2) is 0 Å². The van der Waals surface area contributed by atoms with Crippen molar-refractivity contribution in [3.05, 3.63) is 45.9 Å². The van der Waals surface area contributed by atoms with Gasteiger partial charge in [0, 0.05) is 19.0 Å². The first-order chi connectivity index (χ1) is 9.24. The molecule has 0 unspecified atom stereocenters. The summed E-state index contributed by atoms with van der Waals surface area (Å²) in [6, 6.07) is 11.1. The Morgan fingerprint density at radius 3 is 2.53 bits per heavy atom. The van der Waals surface area contributed by atoms with E-state index in [2.05, 4.69) is 59.7 Å². The number of aromatic nitrogens is 2. The van der Waals surface area contributed by atoms with Crippen molar-refractivity contribution in [2.75, 3.05) is 0 Å². The molecule has 2 rings (SSSR count). The molecule has 0 amide bonds. The van der Waals surface area contributed by atoms with E-state index >= 15 is 0 Å². The summed E-state index contributed by atoms with van der Waals surface area (Å²) in [5.74, 6) is 0. The number of hydrogen-bond donors (Lipinski definition) is 1. The first-order valence-corrected chi connectivity index (χ1v) is 7.64. The topological polar surface area (TPSA) is 37.8 Å². The van der Waals surface area contributed by atoms with Crippen LogP contribution in [0.25, 0.3) is 0 Å². The van der Waals surface area contributed by atoms with Gasteiger partial charge in [0.1, 0.15) is 10.0 Å². The minimum atomic E-state index is 0.491. The molecule has 0 radical (unpaired) electrons. The molecule has 0 aliphatic carbocycles. The molecule has 1 aromatic carbocycles. The molecule has 0 spiro atoms. The van der Waals surface area contributed by atoms with Crippen LogP contribution < -0.4 is 5.32 Å². The summed E-state index contributed by atoms with van der Waals surface area (Å²) in [5, 5.41) is 14.1. The third-order valence-corrected chi connectivity index (χ3v) is 3.85. The van der Waals surface area contributed by atoms with Crippen LogP contribution in [0, 0.1) is 0 Å². The lowest BCUT2D eigenvalue weighted by Gasteiger charge is -2.03. The molecule has 0 aliphatic heterocycles. The zero-order valence-corrected chi connectivity index (χ0v) is 12.4. The van der Waals surface area contributed by atoms with Gasteiger partial charge in [-0.2, -0.15) is 0 Å². The molecule has 2 aromatic rings. The maximum absolute atomic E-state index is 4.25. The van der Waals surface area contributed by atoms with Crippen molar-refractivity contribution in [2.24, 2.45) is 0 Å². The van der Waals surface area contributed by atoms with E-state index in [1.807, 2.05) is 0 Å². The van der Waals surface area contributed by atoms with Gasteiger partial charge in [0.05, 0.1) is 0 Å². The van der Waals surface area contributed by atoms with Crippen molar-refractivity contribution in [3.63, 3.8) is 0 Å². The van der Waals surface area contributed by atoms with Crippen molar-refractivity contribution in [2.45, 2.75) is 45.7 Å². The van der Waals surface area contributed by atoms with Crippen LogP contribution in [-0.4, -0.2) is 16.2 Å². The van der Waals surface area contributed by atoms with E-state index in [1.165, 1.54) is 5.56 Å². The van der Waals surface area contributed by atoms with Gasteiger partial charge in [-0.3, -0.25) is 0 Å². The maximum atomic E-state index is 4.25. The summed E-state index contributed by atoms with van der Waals surface area (Å²) in [4.78, 5) is 0. The van der Waals surface area contributed by atoms with E-state index < -0.39 is 0 Å². The lowest BCUT2D eigenvalue weighted by Crippen LogP contribution is -2.21. The summed E-state index contributed by atoms with van der Waals surface area (Å²) in [7, 11) is 0. The summed E-state index contributed by atoms with van der Waals surface area (Å²) in [6.45, 7) is 5.11. The highest BCUT2D eigenvalue weighted by Gasteiger charge is 2.04. The minimum Gasteiger partial charge on any atom is -0.308 e. The molecule has 0 bridgehead atoms.